The highest BCUT2D eigenvalue weighted by molar-refractivity contribution is 6.38. The summed E-state index contributed by atoms with van der Waals surface area (Å²) in [7, 11) is 0. The van der Waals surface area contributed by atoms with E-state index in [1.54, 1.807) is 20.8 Å². The summed E-state index contributed by atoms with van der Waals surface area (Å²) in [4.78, 5) is 88.3. The molecule has 1 aromatic heterocycles. The number of hydrogen-bond donors (Lipinski definition) is 3. The second-order valence-corrected chi connectivity index (χ2v) is 12.2. The first-order chi connectivity index (χ1) is 24.3. The van der Waals surface area contributed by atoms with Gasteiger partial charge in [0.05, 0.1) is 12.7 Å². The maximum absolute atomic E-state index is 13.8. The van der Waals surface area contributed by atoms with Gasteiger partial charge in [0.15, 0.2) is 0 Å². The van der Waals surface area contributed by atoms with Crippen LogP contribution in [-0.4, -0.2) is 86.3 Å². The minimum atomic E-state index is -1.16. The number of amides is 5. The maximum Gasteiger partial charge on any atom is 0.289 e. The van der Waals surface area contributed by atoms with Gasteiger partial charge in [-0.05, 0) is 30.7 Å². The highest BCUT2D eigenvalue weighted by Crippen LogP contribution is 2.27. The van der Waals surface area contributed by atoms with Gasteiger partial charge >= 0.3 is 0 Å². The van der Waals surface area contributed by atoms with E-state index in [4.69, 9.17) is 0 Å². The third-order valence-electron chi connectivity index (χ3n) is 7.21. The standard InChI is InChI=1S/C31H39N7O6.C3H8.2C2H6/c1-6-37(20(2)25(40)28(42)34-17-21-11-8-7-9-12-21)29(43)23-13-10-16-38(23)30(44)26(31(3,4)5)36-24(39)19-35-27(41)22-18-32-14-15-33-22;1-3-2;2*1-2/h6-9,11-12,14-15,18,20,23,26H,1,10,13,16-17,19H2,2-5H3,(H,34,42)(H,35,41)(H,36,39);3H2,1-2H3;2*1-2H3. The molecule has 51 heavy (non-hydrogen) atoms. The van der Waals surface area contributed by atoms with Crippen molar-refractivity contribution < 1.29 is 28.8 Å². The lowest BCUT2D eigenvalue weighted by atomic mass is 9.85. The van der Waals surface area contributed by atoms with E-state index in [1.165, 1.54) is 43.0 Å². The first-order valence-corrected chi connectivity index (χ1v) is 17.7. The molecule has 3 unspecified atom stereocenters. The van der Waals surface area contributed by atoms with Gasteiger partial charge in [0.25, 0.3) is 11.8 Å². The minimum Gasteiger partial charge on any atom is -0.345 e. The van der Waals surface area contributed by atoms with Crippen LogP contribution in [0.2, 0.25) is 0 Å². The molecular weight excluding hydrogens is 650 g/mol. The number of carbonyl (C=O) groups excluding carboxylic acids is 6. The summed E-state index contributed by atoms with van der Waals surface area (Å²) >= 11 is 0. The van der Waals surface area contributed by atoms with E-state index in [2.05, 4.69) is 46.3 Å². The number of ketones is 1. The summed E-state index contributed by atoms with van der Waals surface area (Å²) in [5.41, 5.74) is 0.0950. The van der Waals surface area contributed by atoms with Crippen molar-refractivity contribution in [2.45, 2.75) is 113 Å². The van der Waals surface area contributed by atoms with Crippen molar-refractivity contribution in [3.05, 3.63) is 73.0 Å². The molecule has 3 rings (SSSR count). The number of benzene rings is 1. The summed E-state index contributed by atoms with van der Waals surface area (Å²) in [6.45, 7) is 22.7. The zero-order valence-corrected chi connectivity index (χ0v) is 32.1. The number of nitrogens with zero attached hydrogens (tertiary/aromatic N) is 4. The predicted molar refractivity (Wildman–Crippen MR) is 199 cm³/mol. The number of nitrogens with one attached hydrogen (secondary N) is 3. The topological polar surface area (TPSA) is 171 Å². The molecule has 1 aliphatic rings. The van der Waals surface area contributed by atoms with Crippen molar-refractivity contribution >= 4 is 35.3 Å². The van der Waals surface area contributed by atoms with Crippen LogP contribution in [0.4, 0.5) is 0 Å². The zero-order valence-electron chi connectivity index (χ0n) is 32.1. The molecule has 2 aromatic rings. The molecule has 0 saturated carbocycles. The molecule has 3 N–H and O–H groups in total. The molecule has 13 nitrogen and oxygen atoms in total. The number of carbonyl (C=O) groups is 6. The van der Waals surface area contributed by atoms with Gasteiger partial charge in [-0.1, -0.05) is 106 Å². The number of Topliss-reactive ketones (excluding diaryl/α,β-unsaturated/α-hetero) is 1. The van der Waals surface area contributed by atoms with Gasteiger partial charge in [0.1, 0.15) is 23.8 Å². The van der Waals surface area contributed by atoms with Crippen molar-refractivity contribution in [1.82, 2.24) is 35.7 Å². The van der Waals surface area contributed by atoms with Crippen LogP contribution in [0.25, 0.3) is 0 Å². The van der Waals surface area contributed by atoms with E-state index < -0.39 is 65.4 Å². The number of rotatable bonds is 12. The normalized spacial score (nSPS) is 14.2. The number of likely N-dealkylation sites (tertiary alicyclic amines) is 1. The Balaban J connectivity index is 0.00000333. The molecule has 5 amide bonds. The molecule has 3 atom stereocenters. The van der Waals surface area contributed by atoms with E-state index in [-0.39, 0.29) is 18.8 Å². The summed E-state index contributed by atoms with van der Waals surface area (Å²) in [6, 6.07) is 5.96. The van der Waals surface area contributed by atoms with Crippen molar-refractivity contribution in [3.63, 3.8) is 0 Å². The molecule has 282 valence electrons. The fourth-order valence-corrected chi connectivity index (χ4v) is 4.77. The monoisotopic (exact) mass is 709 g/mol. The largest absolute Gasteiger partial charge is 0.345 e. The fraction of sp³-hybridized carbons (Fsp3) is 0.526. The van der Waals surface area contributed by atoms with Gasteiger partial charge in [0, 0.05) is 31.7 Å². The van der Waals surface area contributed by atoms with Gasteiger partial charge < -0.3 is 25.8 Å². The fourth-order valence-electron chi connectivity index (χ4n) is 4.77. The molecule has 13 heteroatoms. The van der Waals surface area contributed by atoms with Gasteiger partial charge in [-0.3, -0.25) is 33.8 Å². The Morgan fingerprint density at radius 1 is 1.00 bits per heavy atom. The van der Waals surface area contributed by atoms with E-state index in [1.807, 2.05) is 58.0 Å². The van der Waals surface area contributed by atoms with E-state index in [0.717, 1.165) is 10.5 Å². The minimum absolute atomic E-state index is 0.0373. The van der Waals surface area contributed by atoms with Crippen LogP contribution >= 0.6 is 0 Å². The van der Waals surface area contributed by atoms with Crippen LogP contribution in [0.1, 0.15) is 105 Å². The quantitative estimate of drug-likeness (QED) is 0.272. The average Bonchev–Trinajstić information content (AvgIpc) is 3.64. The average molecular weight is 710 g/mol. The smallest absolute Gasteiger partial charge is 0.289 e. The molecule has 1 saturated heterocycles. The Morgan fingerprint density at radius 3 is 2.14 bits per heavy atom. The summed E-state index contributed by atoms with van der Waals surface area (Å²) in [6.07, 6.45) is 7.30. The Kier molecular flexibility index (Phi) is 21.9. The lowest BCUT2D eigenvalue weighted by Gasteiger charge is -2.37. The van der Waals surface area contributed by atoms with E-state index >= 15 is 0 Å². The Labute approximate surface area is 304 Å². The highest BCUT2D eigenvalue weighted by atomic mass is 16.2. The molecule has 1 aliphatic heterocycles. The van der Waals surface area contributed by atoms with Crippen LogP contribution in [0.5, 0.6) is 0 Å². The van der Waals surface area contributed by atoms with Gasteiger partial charge in [-0.25, -0.2) is 4.98 Å². The molecule has 2 heterocycles. The third kappa shape index (κ3) is 14.8. The number of hydrogen-bond acceptors (Lipinski definition) is 8. The lowest BCUT2D eigenvalue weighted by molar-refractivity contribution is -0.149. The number of aromatic nitrogens is 2. The van der Waals surface area contributed by atoms with E-state index in [9.17, 15) is 28.8 Å². The predicted octanol–water partition coefficient (Wildman–Crippen LogP) is 4.44. The van der Waals surface area contributed by atoms with Crippen LogP contribution in [0.15, 0.2) is 61.7 Å². The second-order valence-electron chi connectivity index (χ2n) is 12.2. The summed E-state index contributed by atoms with van der Waals surface area (Å²) in [5.74, 6) is -3.91. The molecule has 0 radical (unpaired) electrons. The maximum atomic E-state index is 13.8. The van der Waals surface area contributed by atoms with Crippen molar-refractivity contribution in [2.75, 3.05) is 13.1 Å². The van der Waals surface area contributed by atoms with E-state index in [0.29, 0.717) is 12.8 Å². The molecule has 1 fully saturated rings. The van der Waals surface area contributed by atoms with Crippen LogP contribution < -0.4 is 16.0 Å². The Bertz CT molecular complexity index is 1400. The van der Waals surface area contributed by atoms with Gasteiger partial charge in [0.2, 0.25) is 23.5 Å². The molecule has 0 bridgehead atoms. The molecular formula is C38H59N7O6. The Morgan fingerprint density at radius 2 is 1.61 bits per heavy atom. The zero-order chi connectivity index (χ0) is 39.1. The van der Waals surface area contributed by atoms with Gasteiger partial charge in [-0.2, -0.15) is 0 Å². The molecule has 0 spiro atoms. The van der Waals surface area contributed by atoms with Crippen LogP contribution in [0, 0.1) is 5.41 Å². The van der Waals surface area contributed by atoms with Crippen molar-refractivity contribution in [3.8, 4) is 0 Å². The third-order valence-corrected chi connectivity index (χ3v) is 7.21. The van der Waals surface area contributed by atoms with Crippen LogP contribution in [0.3, 0.4) is 0 Å². The SMILES string of the molecule is C=CN(C(=O)C1CCCN1C(=O)C(NC(=O)CNC(=O)c1cnccn1)C(C)(C)C)C(C)C(=O)C(=O)NCc1ccccc1.CC.CC.CCC. The Hall–Kier alpha value is -4.94. The van der Waals surface area contributed by atoms with Crippen molar-refractivity contribution in [1.29, 1.82) is 0 Å². The summed E-state index contributed by atoms with van der Waals surface area (Å²) in [5, 5.41) is 7.71. The van der Waals surface area contributed by atoms with Crippen LogP contribution in [-0.2, 0) is 30.5 Å². The first kappa shape index (κ1) is 46.1. The van der Waals surface area contributed by atoms with Gasteiger partial charge in [-0.15, -0.1) is 0 Å². The lowest BCUT2D eigenvalue weighted by Crippen LogP contribution is -2.59. The highest BCUT2D eigenvalue weighted by Gasteiger charge is 2.44. The molecule has 1 aromatic carbocycles. The molecule has 0 aliphatic carbocycles. The first-order valence-electron chi connectivity index (χ1n) is 17.7. The summed E-state index contributed by atoms with van der Waals surface area (Å²) < 4.78 is 0. The second kappa shape index (κ2) is 24.2. The van der Waals surface area contributed by atoms with Crippen molar-refractivity contribution in [2.24, 2.45) is 5.41 Å².